The van der Waals surface area contributed by atoms with Gasteiger partial charge in [-0.2, -0.15) is 0 Å². The molecule has 0 unspecified atom stereocenters. The van der Waals surface area contributed by atoms with Crippen LogP contribution in [0, 0.1) is 0 Å². The minimum absolute atomic E-state index is 0.231. The second kappa shape index (κ2) is 6.98. The van der Waals surface area contributed by atoms with E-state index in [-0.39, 0.29) is 5.91 Å². The van der Waals surface area contributed by atoms with E-state index in [0.29, 0.717) is 22.9 Å². The SMILES string of the molecule is O=C(Nc1ccc(NCc2ccco2)cn1)c1ccc(Cl)cc1. The Labute approximate surface area is 138 Å². The molecule has 2 N–H and O–H groups in total. The zero-order valence-corrected chi connectivity index (χ0v) is 12.9. The molecule has 0 saturated carbocycles. The zero-order chi connectivity index (χ0) is 16.1. The second-order valence-corrected chi connectivity index (χ2v) is 5.26. The van der Waals surface area contributed by atoms with E-state index in [1.165, 1.54) is 0 Å². The monoisotopic (exact) mass is 327 g/mol. The molecule has 0 aliphatic rings. The quantitative estimate of drug-likeness (QED) is 0.737. The van der Waals surface area contributed by atoms with Crippen LogP contribution in [-0.2, 0) is 6.54 Å². The number of carbonyl (C=O) groups excluding carboxylic acids is 1. The molecular formula is C17H14ClN3O2. The van der Waals surface area contributed by atoms with Crippen LogP contribution in [-0.4, -0.2) is 10.9 Å². The number of rotatable bonds is 5. The molecule has 3 aromatic rings. The topological polar surface area (TPSA) is 67.2 Å². The van der Waals surface area contributed by atoms with Gasteiger partial charge in [0.15, 0.2) is 0 Å². The molecule has 0 atom stereocenters. The molecule has 1 amide bonds. The highest BCUT2D eigenvalue weighted by atomic mass is 35.5. The fourth-order valence-corrected chi connectivity index (χ4v) is 2.09. The number of amides is 1. The molecule has 3 rings (SSSR count). The molecule has 1 aromatic carbocycles. The number of carbonyl (C=O) groups is 1. The van der Waals surface area contributed by atoms with Crippen molar-refractivity contribution in [2.24, 2.45) is 0 Å². The summed E-state index contributed by atoms with van der Waals surface area (Å²) >= 11 is 5.80. The van der Waals surface area contributed by atoms with E-state index in [9.17, 15) is 4.79 Å². The van der Waals surface area contributed by atoms with Gasteiger partial charge in [0.1, 0.15) is 11.6 Å². The number of nitrogens with one attached hydrogen (secondary N) is 2. The van der Waals surface area contributed by atoms with Crippen molar-refractivity contribution in [3.05, 3.63) is 77.3 Å². The van der Waals surface area contributed by atoms with Crippen molar-refractivity contribution >= 4 is 29.0 Å². The van der Waals surface area contributed by atoms with E-state index in [2.05, 4.69) is 15.6 Å². The van der Waals surface area contributed by atoms with E-state index in [4.69, 9.17) is 16.0 Å². The number of nitrogens with zero attached hydrogens (tertiary/aromatic N) is 1. The number of benzene rings is 1. The highest BCUT2D eigenvalue weighted by Crippen LogP contribution is 2.14. The van der Waals surface area contributed by atoms with Crippen LogP contribution in [0.5, 0.6) is 0 Å². The highest BCUT2D eigenvalue weighted by molar-refractivity contribution is 6.30. The van der Waals surface area contributed by atoms with Crippen LogP contribution in [0.2, 0.25) is 5.02 Å². The summed E-state index contributed by atoms with van der Waals surface area (Å²) in [5, 5.41) is 6.51. The van der Waals surface area contributed by atoms with Gasteiger partial charge in [-0.3, -0.25) is 4.79 Å². The number of furan rings is 1. The van der Waals surface area contributed by atoms with Crippen molar-refractivity contribution in [3.8, 4) is 0 Å². The summed E-state index contributed by atoms with van der Waals surface area (Å²) in [6.45, 7) is 0.575. The molecule has 116 valence electrons. The maximum atomic E-state index is 12.1. The minimum atomic E-state index is -0.231. The van der Waals surface area contributed by atoms with Gasteiger partial charge in [-0.25, -0.2) is 4.98 Å². The van der Waals surface area contributed by atoms with Crippen molar-refractivity contribution in [1.82, 2.24) is 4.98 Å². The van der Waals surface area contributed by atoms with Crippen LogP contribution in [0.1, 0.15) is 16.1 Å². The third-order valence-electron chi connectivity index (χ3n) is 3.16. The Morgan fingerprint density at radius 3 is 2.61 bits per heavy atom. The lowest BCUT2D eigenvalue weighted by Crippen LogP contribution is -2.12. The van der Waals surface area contributed by atoms with E-state index in [1.54, 1.807) is 42.8 Å². The van der Waals surface area contributed by atoms with Gasteiger partial charge in [0.25, 0.3) is 5.91 Å². The van der Waals surface area contributed by atoms with Crippen molar-refractivity contribution in [2.45, 2.75) is 6.54 Å². The fraction of sp³-hybridized carbons (Fsp3) is 0.0588. The van der Waals surface area contributed by atoms with Gasteiger partial charge in [0.05, 0.1) is 24.7 Å². The maximum absolute atomic E-state index is 12.1. The number of anilines is 2. The zero-order valence-electron chi connectivity index (χ0n) is 12.1. The van der Waals surface area contributed by atoms with Gasteiger partial charge in [0, 0.05) is 10.6 Å². The summed E-state index contributed by atoms with van der Waals surface area (Å²) in [4.78, 5) is 16.3. The van der Waals surface area contributed by atoms with Gasteiger partial charge < -0.3 is 15.1 Å². The Bertz CT molecular complexity index is 769. The first-order valence-electron chi connectivity index (χ1n) is 7.00. The lowest BCUT2D eigenvalue weighted by atomic mass is 10.2. The lowest BCUT2D eigenvalue weighted by molar-refractivity contribution is 0.102. The summed E-state index contributed by atoms with van der Waals surface area (Å²) in [5.41, 5.74) is 1.36. The lowest BCUT2D eigenvalue weighted by Gasteiger charge is -2.07. The molecule has 0 spiro atoms. The fourth-order valence-electron chi connectivity index (χ4n) is 1.96. The van der Waals surface area contributed by atoms with Crippen LogP contribution in [0.3, 0.4) is 0 Å². The van der Waals surface area contributed by atoms with Crippen molar-refractivity contribution in [2.75, 3.05) is 10.6 Å². The summed E-state index contributed by atoms with van der Waals surface area (Å²) < 4.78 is 5.24. The highest BCUT2D eigenvalue weighted by Gasteiger charge is 2.06. The van der Waals surface area contributed by atoms with Crippen molar-refractivity contribution in [1.29, 1.82) is 0 Å². The third kappa shape index (κ3) is 4.11. The summed E-state index contributed by atoms with van der Waals surface area (Å²) in [6, 6.07) is 14.0. The number of halogens is 1. The summed E-state index contributed by atoms with van der Waals surface area (Å²) in [5.74, 6) is 1.09. The van der Waals surface area contributed by atoms with E-state index in [0.717, 1.165) is 11.4 Å². The third-order valence-corrected chi connectivity index (χ3v) is 3.41. The molecule has 0 aliphatic carbocycles. The summed E-state index contributed by atoms with van der Waals surface area (Å²) in [7, 11) is 0. The Morgan fingerprint density at radius 1 is 1.13 bits per heavy atom. The van der Waals surface area contributed by atoms with Gasteiger partial charge >= 0.3 is 0 Å². The first-order chi connectivity index (χ1) is 11.2. The Hall–Kier alpha value is -2.79. The Balaban J connectivity index is 1.58. The molecule has 5 nitrogen and oxygen atoms in total. The standard InChI is InChI=1S/C17H14ClN3O2/c18-13-5-3-12(4-6-13)17(22)21-16-8-7-14(10-20-16)19-11-15-2-1-9-23-15/h1-10,19H,11H2,(H,20,21,22). The molecule has 23 heavy (non-hydrogen) atoms. The number of hydrogen-bond acceptors (Lipinski definition) is 4. The van der Waals surface area contributed by atoms with Gasteiger partial charge in [0.2, 0.25) is 0 Å². The predicted octanol–water partition coefficient (Wildman–Crippen LogP) is 4.19. The molecule has 2 heterocycles. The summed E-state index contributed by atoms with van der Waals surface area (Å²) in [6.07, 6.45) is 3.28. The van der Waals surface area contributed by atoms with Crippen molar-refractivity contribution < 1.29 is 9.21 Å². The average molecular weight is 328 g/mol. The van der Waals surface area contributed by atoms with Gasteiger partial charge in [-0.15, -0.1) is 0 Å². The number of aromatic nitrogens is 1. The van der Waals surface area contributed by atoms with E-state index in [1.807, 2.05) is 18.2 Å². The first kappa shape index (κ1) is 15.1. The minimum Gasteiger partial charge on any atom is -0.467 e. The Morgan fingerprint density at radius 2 is 1.96 bits per heavy atom. The van der Waals surface area contributed by atoms with Crippen LogP contribution < -0.4 is 10.6 Å². The maximum Gasteiger partial charge on any atom is 0.256 e. The average Bonchev–Trinajstić information content (AvgIpc) is 3.08. The van der Waals surface area contributed by atoms with Crippen LogP contribution in [0.25, 0.3) is 0 Å². The molecule has 0 bridgehead atoms. The molecule has 2 aromatic heterocycles. The van der Waals surface area contributed by atoms with E-state index >= 15 is 0 Å². The van der Waals surface area contributed by atoms with Gasteiger partial charge in [-0.1, -0.05) is 11.6 Å². The van der Waals surface area contributed by atoms with Crippen LogP contribution in [0.4, 0.5) is 11.5 Å². The molecule has 0 radical (unpaired) electrons. The van der Waals surface area contributed by atoms with Crippen LogP contribution >= 0.6 is 11.6 Å². The largest absolute Gasteiger partial charge is 0.467 e. The second-order valence-electron chi connectivity index (χ2n) is 4.83. The Kier molecular flexibility index (Phi) is 4.59. The van der Waals surface area contributed by atoms with Crippen LogP contribution in [0.15, 0.2) is 65.4 Å². The normalized spacial score (nSPS) is 10.3. The molecule has 6 heteroatoms. The van der Waals surface area contributed by atoms with Crippen molar-refractivity contribution in [3.63, 3.8) is 0 Å². The smallest absolute Gasteiger partial charge is 0.256 e. The molecule has 0 fully saturated rings. The van der Waals surface area contributed by atoms with Gasteiger partial charge in [-0.05, 0) is 48.5 Å². The molecule has 0 aliphatic heterocycles. The molecular weight excluding hydrogens is 314 g/mol. The molecule has 0 saturated heterocycles. The first-order valence-corrected chi connectivity index (χ1v) is 7.38. The number of pyridine rings is 1. The number of hydrogen-bond donors (Lipinski definition) is 2. The van der Waals surface area contributed by atoms with E-state index < -0.39 is 0 Å². The predicted molar refractivity (Wildman–Crippen MR) is 89.7 cm³/mol.